The quantitative estimate of drug-likeness (QED) is 0.624. The molecule has 2 N–H and O–H groups in total. The van der Waals surface area contributed by atoms with Gasteiger partial charge >= 0.3 is 0 Å². The molecule has 0 bridgehead atoms. The first-order chi connectivity index (χ1) is 15.8. The lowest BCUT2D eigenvalue weighted by molar-refractivity contribution is 0.134. The maximum absolute atomic E-state index is 9.55. The second-order valence-corrected chi connectivity index (χ2v) is 10.2. The van der Waals surface area contributed by atoms with Gasteiger partial charge in [0.1, 0.15) is 13.9 Å². The topological polar surface area (TPSA) is 72.4 Å². The molecule has 2 fully saturated rings. The molecule has 0 unspecified atom stereocenters. The minimum Gasteiger partial charge on any atom is -0.368 e. The Bertz CT molecular complexity index is 1300. The van der Waals surface area contributed by atoms with Gasteiger partial charge in [0.05, 0.1) is 17.1 Å². The SMILES string of the molecule is [B]c1ccc2c(N3C[C@@H](C)N4Cc5cc(N6CC(C)(N)C6)ccc5[C@H]4C3)ccc(C#N)c2n1. The Morgan fingerprint density at radius 3 is 2.70 bits per heavy atom. The predicted octanol–water partition coefficient (Wildman–Crippen LogP) is 2.20. The third-order valence-corrected chi connectivity index (χ3v) is 7.47. The Morgan fingerprint density at radius 1 is 1.12 bits per heavy atom. The van der Waals surface area contributed by atoms with Crippen LogP contribution in [0, 0.1) is 11.3 Å². The second-order valence-electron chi connectivity index (χ2n) is 10.2. The number of anilines is 2. The zero-order valence-corrected chi connectivity index (χ0v) is 19.1. The summed E-state index contributed by atoms with van der Waals surface area (Å²) in [5.74, 6) is 0. The molecule has 1 aromatic heterocycles. The molecule has 164 valence electrons. The van der Waals surface area contributed by atoms with E-state index in [0.717, 1.165) is 43.8 Å². The minimum absolute atomic E-state index is 0.0745. The lowest BCUT2D eigenvalue weighted by Gasteiger charge is -2.47. The average Bonchev–Trinajstić information content (AvgIpc) is 3.15. The van der Waals surface area contributed by atoms with Crippen molar-refractivity contribution in [2.45, 2.75) is 38.0 Å². The van der Waals surface area contributed by atoms with E-state index < -0.39 is 0 Å². The van der Waals surface area contributed by atoms with Gasteiger partial charge in [0.25, 0.3) is 0 Å². The van der Waals surface area contributed by atoms with Gasteiger partial charge in [-0.1, -0.05) is 12.1 Å². The van der Waals surface area contributed by atoms with Crippen LogP contribution in [0.15, 0.2) is 42.5 Å². The van der Waals surface area contributed by atoms with E-state index in [1.54, 1.807) is 0 Å². The summed E-state index contributed by atoms with van der Waals surface area (Å²) in [4.78, 5) is 11.9. The van der Waals surface area contributed by atoms with Gasteiger partial charge in [-0.25, -0.2) is 0 Å². The van der Waals surface area contributed by atoms with Gasteiger partial charge in [-0.15, -0.1) is 0 Å². The molecule has 33 heavy (non-hydrogen) atoms. The first kappa shape index (κ1) is 20.5. The highest BCUT2D eigenvalue weighted by molar-refractivity contribution is 6.31. The standard InChI is InChI=1S/C26H27BN6/c1-16-11-31(22-7-3-17(10-28)25-21(22)6-8-24(27)30-25)13-23-20-5-4-19(9-18(20)12-33(16)23)32-14-26(2,29)15-32/h3-9,16,23H,11-15,29H2,1-2H3/t16-,23-/m1/s1. The van der Waals surface area contributed by atoms with E-state index in [4.69, 9.17) is 13.6 Å². The van der Waals surface area contributed by atoms with Crippen molar-refractivity contribution in [2.24, 2.45) is 5.73 Å². The molecule has 0 saturated carbocycles. The second kappa shape index (κ2) is 7.21. The normalized spacial score (nSPS) is 23.7. The van der Waals surface area contributed by atoms with Crippen LogP contribution < -0.4 is 21.1 Å². The molecule has 3 aliphatic rings. The summed E-state index contributed by atoms with van der Waals surface area (Å²) in [7, 11) is 5.93. The van der Waals surface area contributed by atoms with Gasteiger partial charge in [-0.2, -0.15) is 5.26 Å². The van der Waals surface area contributed by atoms with Gasteiger partial charge in [0.15, 0.2) is 0 Å². The maximum atomic E-state index is 9.55. The zero-order chi connectivity index (χ0) is 22.9. The first-order valence-electron chi connectivity index (χ1n) is 11.6. The van der Waals surface area contributed by atoms with Crippen LogP contribution >= 0.6 is 0 Å². The number of piperazine rings is 1. The summed E-state index contributed by atoms with van der Waals surface area (Å²) in [5.41, 5.74) is 13.1. The summed E-state index contributed by atoms with van der Waals surface area (Å²) in [6.45, 7) is 9.07. The highest BCUT2D eigenvalue weighted by Crippen LogP contribution is 2.42. The molecule has 2 aromatic carbocycles. The molecule has 0 spiro atoms. The van der Waals surface area contributed by atoms with Gasteiger partial charge in [0, 0.05) is 61.1 Å². The molecular formula is C26H27BN6. The molecule has 4 heterocycles. The van der Waals surface area contributed by atoms with E-state index in [-0.39, 0.29) is 5.54 Å². The van der Waals surface area contributed by atoms with Gasteiger partial charge in [-0.05, 0) is 60.9 Å². The molecule has 3 aromatic rings. The summed E-state index contributed by atoms with van der Waals surface area (Å²) < 4.78 is 0. The molecule has 6 nitrogen and oxygen atoms in total. The van der Waals surface area contributed by atoms with E-state index in [1.807, 2.05) is 18.2 Å². The number of aromatic nitrogens is 1. The van der Waals surface area contributed by atoms with Crippen LogP contribution in [0.1, 0.15) is 36.6 Å². The van der Waals surface area contributed by atoms with Crippen LogP contribution in [0.4, 0.5) is 11.4 Å². The minimum atomic E-state index is -0.0745. The monoisotopic (exact) mass is 434 g/mol. The van der Waals surface area contributed by atoms with Crippen molar-refractivity contribution in [3.63, 3.8) is 0 Å². The predicted molar refractivity (Wildman–Crippen MR) is 133 cm³/mol. The Labute approximate surface area is 196 Å². The molecule has 0 amide bonds. The van der Waals surface area contributed by atoms with Crippen LogP contribution in [0.2, 0.25) is 0 Å². The highest BCUT2D eigenvalue weighted by atomic mass is 15.3. The van der Waals surface area contributed by atoms with Crippen molar-refractivity contribution in [1.82, 2.24) is 9.88 Å². The van der Waals surface area contributed by atoms with Crippen molar-refractivity contribution >= 4 is 35.7 Å². The number of rotatable bonds is 2. The average molecular weight is 434 g/mol. The maximum Gasteiger partial charge on any atom is 0.141 e. The first-order valence-corrected chi connectivity index (χ1v) is 11.6. The van der Waals surface area contributed by atoms with E-state index >= 15 is 0 Å². The Morgan fingerprint density at radius 2 is 1.94 bits per heavy atom. The highest BCUT2D eigenvalue weighted by Gasteiger charge is 2.40. The molecule has 6 rings (SSSR count). The van der Waals surface area contributed by atoms with Crippen molar-refractivity contribution in [1.29, 1.82) is 5.26 Å². The van der Waals surface area contributed by atoms with Crippen molar-refractivity contribution < 1.29 is 0 Å². The Hall–Kier alpha value is -3.08. The van der Waals surface area contributed by atoms with Crippen LogP contribution in [0.25, 0.3) is 10.9 Å². The van der Waals surface area contributed by atoms with E-state index in [9.17, 15) is 5.26 Å². The number of nitrogens with zero attached hydrogens (tertiary/aromatic N) is 5. The molecule has 7 heteroatoms. The van der Waals surface area contributed by atoms with Crippen LogP contribution in [-0.2, 0) is 6.54 Å². The number of hydrogen-bond acceptors (Lipinski definition) is 6. The van der Waals surface area contributed by atoms with Crippen LogP contribution in [0.5, 0.6) is 0 Å². The zero-order valence-electron chi connectivity index (χ0n) is 19.1. The molecule has 2 atom stereocenters. The fourth-order valence-corrected chi connectivity index (χ4v) is 5.90. The molecule has 2 radical (unpaired) electrons. The third kappa shape index (κ3) is 3.28. The summed E-state index contributed by atoms with van der Waals surface area (Å²) in [5, 5.41) is 10.5. The van der Waals surface area contributed by atoms with E-state index in [0.29, 0.717) is 28.8 Å². The smallest absolute Gasteiger partial charge is 0.141 e. The third-order valence-electron chi connectivity index (χ3n) is 7.47. The number of hydrogen-bond donors (Lipinski definition) is 1. The van der Waals surface area contributed by atoms with Crippen molar-refractivity contribution in [2.75, 3.05) is 36.0 Å². The largest absolute Gasteiger partial charge is 0.368 e. The number of benzene rings is 2. The fraction of sp³-hybridized carbons (Fsp3) is 0.385. The molecule has 2 saturated heterocycles. The lowest BCUT2D eigenvalue weighted by Crippen LogP contribution is -2.65. The van der Waals surface area contributed by atoms with Gasteiger partial charge in [-0.3, -0.25) is 9.88 Å². The molecule has 0 aliphatic carbocycles. The van der Waals surface area contributed by atoms with E-state index in [1.165, 1.54) is 16.8 Å². The Kier molecular flexibility index (Phi) is 4.49. The summed E-state index contributed by atoms with van der Waals surface area (Å²) >= 11 is 0. The van der Waals surface area contributed by atoms with Crippen molar-refractivity contribution in [3.8, 4) is 6.07 Å². The van der Waals surface area contributed by atoms with Gasteiger partial charge < -0.3 is 15.5 Å². The molecular weight excluding hydrogens is 407 g/mol. The summed E-state index contributed by atoms with van der Waals surface area (Å²) in [6.07, 6.45) is 0. The van der Waals surface area contributed by atoms with Crippen molar-refractivity contribution in [3.05, 3.63) is 59.2 Å². The van der Waals surface area contributed by atoms with Crippen LogP contribution in [0.3, 0.4) is 0 Å². The fourth-order valence-electron chi connectivity index (χ4n) is 5.90. The summed E-state index contributed by atoms with van der Waals surface area (Å²) in [6, 6.07) is 17.7. The number of nitriles is 1. The van der Waals surface area contributed by atoms with Crippen LogP contribution in [-0.4, -0.2) is 55.5 Å². The van der Waals surface area contributed by atoms with E-state index in [2.05, 4.69) is 63.9 Å². The van der Waals surface area contributed by atoms with Gasteiger partial charge in [0.2, 0.25) is 0 Å². The number of nitrogens with two attached hydrogens (primary N) is 1. The number of fused-ring (bicyclic) bond motifs is 4. The Balaban J connectivity index is 1.33. The number of pyridine rings is 1. The lowest BCUT2D eigenvalue weighted by atomic mass is 9.92. The molecule has 3 aliphatic heterocycles.